The Morgan fingerprint density at radius 2 is 2.25 bits per heavy atom. The van der Waals surface area contributed by atoms with E-state index in [1.807, 2.05) is 18.2 Å². The standard InChI is InChI=1S/C12H12BrNO2/c13-9-2-1-3-10-8(9)6-7-4-5-11(12(15)16)14(7)10/h1-3,7,11H,4-6H2,(H,15,16). The molecule has 2 aliphatic rings. The Morgan fingerprint density at radius 3 is 3.00 bits per heavy atom. The first-order valence-electron chi connectivity index (χ1n) is 5.47. The average Bonchev–Trinajstić information content (AvgIpc) is 2.77. The Bertz CT molecular complexity index is 460. The molecule has 1 aromatic rings. The maximum Gasteiger partial charge on any atom is 0.326 e. The molecule has 0 aromatic heterocycles. The fourth-order valence-corrected chi connectivity index (χ4v) is 3.43. The highest BCUT2D eigenvalue weighted by Gasteiger charge is 2.43. The Balaban J connectivity index is 2.07. The first kappa shape index (κ1) is 10.1. The van der Waals surface area contributed by atoms with Crippen LogP contribution in [0.1, 0.15) is 18.4 Å². The lowest BCUT2D eigenvalue weighted by molar-refractivity contribution is -0.138. The molecule has 2 heterocycles. The van der Waals surface area contributed by atoms with Crippen molar-refractivity contribution >= 4 is 27.6 Å². The lowest BCUT2D eigenvalue weighted by Crippen LogP contribution is -2.38. The van der Waals surface area contributed by atoms with Crippen LogP contribution < -0.4 is 4.90 Å². The lowest BCUT2D eigenvalue weighted by Gasteiger charge is -2.24. The van der Waals surface area contributed by atoms with E-state index in [4.69, 9.17) is 0 Å². The van der Waals surface area contributed by atoms with Crippen LogP contribution in [0.4, 0.5) is 5.69 Å². The highest BCUT2D eigenvalue weighted by molar-refractivity contribution is 9.10. The number of aliphatic carboxylic acids is 1. The van der Waals surface area contributed by atoms with Gasteiger partial charge >= 0.3 is 5.97 Å². The van der Waals surface area contributed by atoms with E-state index in [-0.39, 0.29) is 6.04 Å². The number of halogens is 1. The van der Waals surface area contributed by atoms with Crippen LogP contribution in [0, 0.1) is 0 Å². The van der Waals surface area contributed by atoms with E-state index in [1.54, 1.807) is 0 Å². The van der Waals surface area contributed by atoms with E-state index in [2.05, 4.69) is 20.8 Å². The summed E-state index contributed by atoms with van der Waals surface area (Å²) in [6, 6.07) is 6.08. The van der Waals surface area contributed by atoms with Crippen LogP contribution in [0.15, 0.2) is 22.7 Å². The smallest absolute Gasteiger partial charge is 0.326 e. The molecule has 0 spiro atoms. The van der Waals surface area contributed by atoms with E-state index in [9.17, 15) is 9.90 Å². The second-order valence-corrected chi connectivity index (χ2v) is 5.29. The van der Waals surface area contributed by atoms with Gasteiger partial charge in [-0.25, -0.2) is 4.79 Å². The van der Waals surface area contributed by atoms with Gasteiger partial charge in [0.1, 0.15) is 6.04 Å². The fraction of sp³-hybridized carbons (Fsp3) is 0.417. The minimum atomic E-state index is -0.699. The van der Waals surface area contributed by atoms with Gasteiger partial charge in [-0.3, -0.25) is 0 Å². The number of benzene rings is 1. The zero-order valence-corrected chi connectivity index (χ0v) is 10.3. The van der Waals surface area contributed by atoms with Crippen LogP contribution in [-0.4, -0.2) is 23.2 Å². The van der Waals surface area contributed by atoms with Crippen LogP contribution in [0.25, 0.3) is 0 Å². The molecule has 0 bridgehead atoms. The molecule has 3 nitrogen and oxygen atoms in total. The van der Waals surface area contributed by atoms with E-state index in [0.29, 0.717) is 6.04 Å². The zero-order chi connectivity index (χ0) is 11.3. The van der Waals surface area contributed by atoms with Crippen molar-refractivity contribution in [2.75, 3.05) is 4.90 Å². The van der Waals surface area contributed by atoms with Gasteiger partial charge in [-0.1, -0.05) is 22.0 Å². The number of nitrogens with zero attached hydrogens (tertiary/aromatic N) is 1. The zero-order valence-electron chi connectivity index (χ0n) is 8.69. The summed E-state index contributed by atoms with van der Waals surface area (Å²) in [6.45, 7) is 0. The monoisotopic (exact) mass is 281 g/mol. The molecule has 2 atom stereocenters. The third kappa shape index (κ3) is 1.29. The molecular formula is C12H12BrNO2. The van der Waals surface area contributed by atoms with Crippen molar-refractivity contribution in [1.82, 2.24) is 0 Å². The van der Waals surface area contributed by atoms with Gasteiger partial charge in [0.15, 0.2) is 0 Å². The minimum Gasteiger partial charge on any atom is -0.480 e. The summed E-state index contributed by atoms with van der Waals surface area (Å²) in [7, 11) is 0. The van der Waals surface area contributed by atoms with Crippen LogP contribution in [-0.2, 0) is 11.2 Å². The predicted molar refractivity (Wildman–Crippen MR) is 64.8 cm³/mol. The molecule has 4 heteroatoms. The van der Waals surface area contributed by atoms with Gasteiger partial charge in [-0.2, -0.15) is 0 Å². The van der Waals surface area contributed by atoms with Crippen molar-refractivity contribution in [2.45, 2.75) is 31.3 Å². The van der Waals surface area contributed by atoms with Gasteiger partial charge in [-0.15, -0.1) is 0 Å². The average molecular weight is 282 g/mol. The summed E-state index contributed by atoms with van der Waals surface area (Å²) in [5.41, 5.74) is 2.36. The molecule has 0 amide bonds. The van der Waals surface area contributed by atoms with Crippen LogP contribution >= 0.6 is 15.9 Å². The van der Waals surface area contributed by atoms with Crippen molar-refractivity contribution in [1.29, 1.82) is 0 Å². The Hall–Kier alpha value is -1.03. The molecule has 84 valence electrons. The summed E-state index contributed by atoms with van der Waals surface area (Å²) < 4.78 is 1.10. The molecule has 0 saturated carbocycles. The fourth-order valence-electron chi connectivity index (χ4n) is 2.92. The molecule has 16 heavy (non-hydrogen) atoms. The second-order valence-electron chi connectivity index (χ2n) is 4.43. The normalized spacial score (nSPS) is 26.7. The Kier molecular flexibility index (Phi) is 2.21. The number of carbonyl (C=O) groups is 1. The van der Waals surface area contributed by atoms with Gasteiger partial charge < -0.3 is 10.0 Å². The summed E-state index contributed by atoms with van der Waals surface area (Å²) in [6.07, 6.45) is 2.73. The van der Waals surface area contributed by atoms with Crippen LogP contribution in [0.2, 0.25) is 0 Å². The predicted octanol–water partition coefficient (Wildman–Crippen LogP) is 2.43. The van der Waals surface area contributed by atoms with Gasteiger partial charge in [-0.05, 0) is 37.0 Å². The van der Waals surface area contributed by atoms with Crippen LogP contribution in [0.5, 0.6) is 0 Å². The van der Waals surface area contributed by atoms with Crippen LogP contribution in [0.3, 0.4) is 0 Å². The third-order valence-electron chi connectivity index (χ3n) is 3.60. The highest BCUT2D eigenvalue weighted by Crippen LogP contribution is 2.43. The maximum absolute atomic E-state index is 11.2. The number of carboxylic acid groups (broad SMARTS) is 1. The minimum absolute atomic E-state index is 0.333. The number of fused-ring (bicyclic) bond motifs is 3. The first-order chi connectivity index (χ1) is 7.68. The van der Waals surface area contributed by atoms with Crippen molar-refractivity contribution in [2.24, 2.45) is 0 Å². The first-order valence-corrected chi connectivity index (χ1v) is 6.26. The number of carboxylic acids is 1. The highest BCUT2D eigenvalue weighted by atomic mass is 79.9. The molecule has 1 N–H and O–H groups in total. The molecule has 0 aliphatic carbocycles. The van der Waals surface area contributed by atoms with E-state index in [1.165, 1.54) is 5.56 Å². The summed E-state index contributed by atoms with van der Waals surface area (Å²) in [4.78, 5) is 13.3. The van der Waals surface area contributed by atoms with Crippen molar-refractivity contribution in [3.8, 4) is 0 Å². The van der Waals surface area contributed by atoms with E-state index < -0.39 is 5.97 Å². The number of rotatable bonds is 1. The quantitative estimate of drug-likeness (QED) is 0.860. The number of hydrogen-bond donors (Lipinski definition) is 1. The molecule has 1 aromatic carbocycles. The summed E-state index contributed by atoms with van der Waals surface area (Å²) in [5.74, 6) is -0.699. The Labute approximate surface area is 102 Å². The van der Waals surface area contributed by atoms with Gasteiger partial charge in [0, 0.05) is 16.2 Å². The number of hydrogen-bond acceptors (Lipinski definition) is 2. The van der Waals surface area contributed by atoms with Gasteiger partial charge in [0.2, 0.25) is 0 Å². The van der Waals surface area contributed by atoms with Gasteiger partial charge in [0.05, 0.1) is 0 Å². The summed E-state index contributed by atoms with van der Waals surface area (Å²) >= 11 is 3.54. The molecule has 1 saturated heterocycles. The Morgan fingerprint density at radius 1 is 1.44 bits per heavy atom. The maximum atomic E-state index is 11.2. The summed E-state index contributed by atoms with van der Waals surface area (Å²) in [5, 5.41) is 9.20. The van der Waals surface area contributed by atoms with Crippen molar-refractivity contribution in [3.05, 3.63) is 28.2 Å². The van der Waals surface area contributed by atoms with Crippen molar-refractivity contribution < 1.29 is 9.90 Å². The SMILES string of the molecule is O=C(O)C1CCC2Cc3c(Br)cccc3N21. The molecule has 3 rings (SSSR count). The lowest BCUT2D eigenvalue weighted by atomic mass is 10.1. The van der Waals surface area contributed by atoms with Gasteiger partial charge in [0.25, 0.3) is 0 Å². The number of anilines is 1. The molecule has 2 aliphatic heterocycles. The molecule has 2 unspecified atom stereocenters. The van der Waals surface area contributed by atoms with Crippen molar-refractivity contribution in [3.63, 3.8) is 0 Å². The third-order valence-corrected chi connectivity index (χ3v) is 4.34. The van der Waals surface area contributed by atoms with E-state index >= 15 is 0 Å². The van der Waals surface area contributed by atoms with E-state index in [0.717, 1.165) is 29.4 Å². The molecule has 0 radical (unpaired) electrons. The molecular weight excluding hydrogens is 270 g/mol. The second kappa shape index (κ2) is 3.48. The topological polar surface area (TPSA) is 40.5 Å². The largest absolute Gasteiger partial charge is 0.480 e. The molecule has 1 fully saturated rings.